The van der Waals surface area contributed by atoms with E-state index < -0.39 is 0 Å². The summed E-state index contributed by atoms with van der Waals surface area (Å²) in [5, 5.41) is 10.1. The van der Waals surface area contributed by atoms with Gasteiger partial charge in [0.25, 0.3) is 0 Å². The summed E-state index contributed by atoms with van der Waals surface area (Å²) in [5.41, 5.74) is 7.59. The second kappa shape index (κ2) is 6.40. The van der Waals surface area contributed by atoms with Crippen LogP contribution in [-0.2, 0) is 12.0 Å². The van der Waals surface area contributed by atoms with Gasteiger partial charge in [-0.3, -0.25) is 4.79 Å². The lowest BCUT2D eigenvalue weighted by Gasteiger charge is -2.22. The molecule has 0 aliphatic rings. The van der Waals surface area contributed by atoms with Crippen molar-refractivity contribution in [3.05, 3.63) is 28.8 Å². The number of benzene rings is 1. The SMILES string of the molecule is CC(C)C(=O)c1cc(C(C)(C)C)cc(CN)c1O.Cl. The van der Waals surface area contributed by atoms with E-state index in [2.05, 4.69) is 20.8 Å². The van der Waals surface area contributed by atoms with Gasteiger partial charge in [-0.05, 0) is 17.0 Å². The smallest absolute Gasteiger partial charge is 0.169 e. The molecule has 3 N–H and O–H groups in total. The van der Waals surface area contributed by atoms with Gasteiger partial charge in [-0.1, -0.05) is 40.7 Å². The zero-order valence-electron chi connectivity index (χ0n) is 12.3. The number of phenols is 1. The molecule has 1 aromatic carbocycles. The predicted octanol–water partition coefficient (Wildman–Crippen LogP) is 3.41. The van der Waals surface area contributed by atoms with E-state index in [1.54, 1.807) is 6.07 Å². The fraction of sp³-hybridized carbons (Fsp3) is 0.533. The number of hydrogen-bond donors (Lipinski definition) is 2. The first-order valence-electron chi connectivity index (χ1n) is 6.29. The van der Waals surface area contributed by atoms with E-state index in [0.29, 0.717) is 11.1 Å². The Labute approximate surface area is 121 Å². The van der Waals surface area contributed by atoms with E-state index in [4.69, 9.17) is 5.73 Å². The largest absolute Gasteiger partial charge is 0.507 e. The molecule has 1 aromatic rings. The van der Waals surface area contributed by atoms with Crippen LogP contribution in [0.2, 0.25) is 0 Å². The van der Waals surface area contributed by atoms with Crippen LogP contribution in [0.3, 0.4) is 0 Å². The summed E-state index contributed by atoms with van der Waals surface area (Å²) in [6, 6.07) is 3.67. The number of hydrogen-bond acceptors (Lipinski definition) is 3. The van der Waals surface area contributed by atoms with Crippen LogP contribution in [0, 0.1) is 5.92 Å². The molecule has 1 rings (SSSR count). The fourth-order valence-electron chi connectivity index (χ4n) is 1.78. The minimum atomic E-state index is -0.142. The Bertz CT molecular complexity index is 462. The first kappa shape index (κ1) is 17.9. The third-order valence-electron chi connectivity index (χ3n) is 3.06. The molecular formula is C15H24ClNO2. The Morgan fingerprint density at radius 3 is 2.21 bits per heavy atom. The third kappa shape index (κ3) is 3.95. The van der Waals surface area contributed by atoms with Gasteiger partial charge in [-0.2, -0.15) is 0 Å². The van der Waals surface area contributed by atoms with Gasteiger partial charge in [0.15, 0.2) is 5.78 Å². The molecule has 19 heavy (non-hydrogen) atoms. The Morgan fingerprint density at radius 1 is 1.32 bits per heavy atom. The summed E-state index contributed by atoms with van der Waals surface area (Å²) >= 11 is 0. The summed E-state index contributed by atoms with van der Waals surface area (Å²) < 4.78 is 0. The van der Waals surface area contributed by atoms with Crippen LogP contribution in [-0.4, -0.2) is 10.9 Å². The highest BCUT2D eigenvalue weighted by atomic mass is 35.5. The first-order chi connectivity index (χ1) is 8.18. The summed E-state index contributed by atoms with van der Waals surface area (Å²) in [6.07, 6.45) is 0. The van der Waals surface area contributed by atoms with Crippen LogP contribution in [0.1, 0.15) is 56.1 Å². The standard InChI is InChI=1S/C15H23NO2.ClH/c1-9(2)13(17)12-7-11(15(3,4)5)6-10(8-16)14(12)18;/h6-7,9,18H,8,16H2,1-5H3;1H. The van der Waals surface area contributed by atoms with Crippen molar-refractivity contribution in [1.29, 1.82) is 0 Å². The van der Waals surface area contributed by atoms with Crippen molar-refractivity contribution < 1.29 is 9.90 Å². The van der Waals surface area contributed by atoms with Crippen molar-refractivity contribution in [2.24, 2.45) is 11.7 Å². The molecular weight excluding hydrogens is 262 g/mol. The number of Topliss-reactive ketones (excluding diaryl/α,β-unsaturated/α-hetero) is 1. The van der Waals surface area contributed by atoms with Gasteiger partial charge >= 0.3 is 0 Å². The van der Waals surface area contributed by atoms with Crippen molar-refractivity contribution >= 4 is 18.2 Å². The van der Waals surface area contributed by atoms with Crippen LogP contribution in [0.15, 0.2) is 12.1 Å². The Hall–Kier alpha value is -1.06. The number of rotatable bonds is 3. The quantitative estimate of drug-likeness (QED) is 0.837. The highest BCUT2D eigenvalue weighted by Gasteiger charge is 2.22. The molecule has 0 aromatic heterocycles. The zero-order valence-corrected chi connectivity index (χ0v) is 13.1. The molecule has 0 spiro atoms. The number of nitrogens with two attached hydrogens (primary N) is 1. The highest BCUT2D eigenvalue weighted by Crippen LogP contribution is 2.32. The van der Waals surface area contributed by atoms with Gasteiger partial charge in [0.05, 0.1) is 5.56 Å². The number of halogens is 1. The van der Waals surface area contributed by atoms with E-state index in [-0.39, 0.29) is 41.8 Å². The van der Waals surface area contributed by atoms with Crippen LogP contribution in [0.5, 0.6) is 5.75 Å². The van der Waals surface area contributed by atoms with Gasteiger partial charge in [-0.15, -0.1) is 12.4 Å². The molecule has 4 heteroatoms. The first-order valence-corrected chi connectivity index (χ1v) is 6.29. The minimum absolute atomic E-state index is 0. The second-order valence-corrected chi connectivity index (χ2v) is 6.00. The molecule has 0 fully saturated rings. The average molecular weight is 286 g/mol. The molecule has 0 saturated heterocycles. The third-order valence-corrected chi connectivity index (χ3v) is 3.06. The van der Waals surface area contributed by atoms with Gasteiger partial charge in [-0.25, -0.2) is 0 Å². The molecule has 0 atom stereocenters. The minimum Gasteiger partial charge on any atom is -0.507 e. The van der Waals surface area contributed by atoms with E-state index in [1.165, 1.54) is 0 Å². The molecule has 0 radical (unpaired) electrons. The van der Waals surface area contributed by atoms with Crippen molar-refractivity contribution in [3.63, 3.8) is 0 Å². The van der Waals surface area contributed by atoms with Crippen LogP contribution < -0.4 is 5.73 Å². The van der Waals surface area contributed by atoms with Gasteiger partial charge < -0.3 is 10.8 Å². The molecule has 108 valence electrons. The summed E-state index contributed by atoms with van der Waals surface area (Å²) in [4.78, 5) is 12.1. The number of carbonyl (C=O) groups excluding carboxylic acids is 1. The van der Waals surface area contributed by atoms with Crippen LogP contribution >= 0.6 is 12.4 Å². The maximum atomic E-state index is 12.1. The molecule has 3 nitrogen and oxygen atoms in total. The van der Waals surface area contributed by atoms with Crippen LogP contribution in [0.25, 0.3) is 0 Å². The Morgan fingerprint density at radius 2 is 1.84 bits per heavy atom. The van der Waals surface area contributed by atoms with Crippen molar-refractivity contribution in [2.75, 3.05) is 0 Å². The van der Waals surface area contributed by atoms with Crippen molar-refractivity contribution in [3.8, 4) is 5.75 Å². The van der Waals surface area contributed by atoms with Gasteiger partial charge in [0.2, 0.25) is 0 Å². The summed E-state index contributed by atoms with van der Waals surface area (Å²) in [5.74, 6) is -0.158. The molecule has 0 unspecified atom stereocenters. The summed E-state index contributed by atoms with van der Waals surface area (Å²) in [6.45, 7) is 10.1. The molecule has 0 amide bonds. The lowest BCUT2D eigenvalue weighted by Crippen LogP contribution is -2.16. The maximum Gasteiger partial charge on any atom is 0.169 e. The van der Waals surface area contributed by atoms with Crippen molar-refractivity contribution in [1.82, 2.24) is 0 Å². The number of ketones is 1. The predicted molar refractivity (Wildman–Crippen MR) is 81.1 cm³/mol. The average Bonchev–Trinajstić information content (AvgIpc) is 2.26. The number of aromatic hydroxyl groups is 1. The Balaban J connectivity index is 0.00000324. The van der Waals surface area contributed by atoms with E-state index in [0.717, 1.165) is 5.56 Å². The molecule has 0 aliphatic heterocycles. The molecule has 0 saturated carbocycles. The fourth-order valence-corrected chi connectivity index (χ4v) is 1.78. The highest BCUT2D eigenvalue weighted by molar-refractivity contribution is 6.00. The molecule has 0 aliphatic carbocycles. The normalized spacial score (nSPS) is 11.3. The maximum absolute atomic E-state index is 12.1. The van der Waals surface area contributed by atoms with E-state index >= 15 is 0 Å². The molecule has 0 heterocycles. The number of phenolic OH excluding ortho intramolecular Hbond substituents is 1. The van der Waals surface area contributed by atoms with Crippen molar-refractivity contribution in [2.45, 2.75) is 46.6 Å². The Kier molecular flexibility index (Phi) is 6.04. The van der Waals surface area contributed by atoms with Gasteiger partial charge in [0, 0.05) is 18.0 Å². The van der Waals surface area contributed by atoms with E-state index in [9.17, 15) is 9.90 Å². The van der Waals surface area contributed by atoms with E-state index in [1.807, 2.05) is 19.9 Å². The number of carbonyl (C=O) groups is 1. The second-order valence-electron chi connectivity index (χ2n) is 6.00. The molecule has 0 bridgehead atoms. The lowest BCUT2D eigenvalue weighted by atomic mass is 9.83. The van der Waals surface area contributed by atoms with Crippen LogP contribution in [0.4, 0.5) is 0 Å². The topological polar surface area (TPSA) is 63.3 Å². The lowest BCUT2D eigenvalue weighted by molar-refractivity contribution is 0.0936. The monoisotopic (exact) mass is 285 g/mol. The van der Waals surface area contributed by atoms with Gasteiger partial charge in [0.1, 0.15) is 5.75 Å². The summed E-state index contributed by atoms with van der Waals surface area (Å²) in [7, 11) is 0. The zero-order chi connectivity index (χ0) is 14.1.